The van der Waals surface area contributed by atoms with Crippen LogP contribution >= 0.6 is 6.89 Å². The molecule has 1 aliphatic heterocycles. The molecule has 1 fully saturated rings. The van der Waals surface area contributed by atoms with Crippen LogP contribution in [-0.2, 0) is 9.47 Å². The van der Waals surface area contributed by atoms with Gasteiger partial charge in [-0.25, -0.2) is 4.79 Å². The van der Waals surface area contributed by atoms with Crippen LogP contribution in [0.3, 0.4) is 0 Å². The van der Waals surface area contributed by atoms with Gasteiger partial charge in [-0.3, -0.25) is 4.57 Å². The molecule has 0 spiro atoms. The van der Waals surface area contributed by atoms with Crippen LogP contribution < -0.4 is 10.6 Å². The number of ether oxygens (including phenoxy) is 2. The molecule has 2 rings (SSSR count). The van der Waals surface area contributed by atoms with Crippen LogP contribution in [0.5, 0.6) is 0 Å². The maximum absolute atomic E-state index is 12.3. The normalized spacial score (nSPS) is 27.4. The zero-order valence-corrected chi connectivity index (χ0v) is 15.9. The average Bonchev–Trinajstić information content (AvgIpc) is 2.80. The van der Waals surface area contributed by atoms with Crippen molar-refractivity contribution in [3.05, 3.63) is 22.7 Å². The van der Waals surface area contributed by atoms with Crippen LogP contribution in [0, 0.1) is 0 Å². The Morgan fingerprint density at radius 2 is 2.17 bits per heavy atom. The summed E-state index contributed by atoms with van der Waals surface area (Å²) < 4.78 is 12.8. The highest BCUT2D eigenvalue weighted by Crippen LogP contribution is 2.39. The first kappa shape index (κ1) is 19.2. The molecular formula is C16H28N3O4P. The standard InChI is InChI=1S/C16H28N3O4P/c1-18(2)12-7-9-19(16(21)17-12)15-14(22-3)13(20)11(23-15)8-10-24(4,5)6/h7,9,11,13-15,20H,4,8,10H2,1-3,5-6H3/t11-,13-,14-,15?/m1/s1. The molecule has 4 atom stereocenters. The lowest BCUT2D eigenvalue weighted by molar-refractivity contribution is -0.0540. The van der Waals surface area contributed by atoms with Crippen molar-refractivity contribution in [2.75, 3.05) is 45.6 Å². The molecule has 1 N–H and O–H groups in total. The second kappa shape index (κ2) is 7.40. The quantitative estimate of drug-likeness (QED) is 0.755. The van der Waals surface area contributed by atoms with E-state index >= 15 is 0 Å². The number of rotatable bonds is 6. The predicted octanol–water partition coefficient (Wildman–Crippen LogP) is 0.682. The lowest BCUT2D eigenvalue weighted by Crippen LogP contribution is -2.37. The largest absolute Gasteiger partial charge is 0.388 e. The maximum Gasteiger partial charge on any atom is 0.351 e. The summed E-state index contributed by atoms with van der Waals surface area (Å²) in [5, 5.41) is 10.5. The topological polar surface area (TPSA) is 76.8 Å². The van der Waals surface area contributed by atoms with Crippen molar-refractivity contribution in [2.45, 2.75) is 31.0 Å². The van der Waals surface area contributed by atoms with Crippen molar-refractivity contribution < 1.29 is 14.6 Å². The Bertz CT molecular complexity index is 670. The first-order chi connectivity index (χ1) is 11.1. The van der Waals surface area contributed by atoms with Gasteiger partial charge in [0.1, 0.15) is 18.0 Å². The number of aromatic nitrogens is 2. The fraction of sp³-hybridized carbons (Fsp3) is 0.688. The van der Waals surface area contributed by atoms with E-state index in [1.165, 1.54) is 11.7 Å². The molecule has 2 heterocycles. The Morgan fingerprint density at radius 3 is 2.67 bits per heavy atom. The molecule has 0 aromatic carbocycles. The van der Waals surface area contributed by atoms with Crippen LogP contribution in [0.2, 0.25) is 0 Å². The number of nitrogens with zero attached hydrogens (tertiary/aromatic N) is 3. The van der Waals surface area contributed by atoms with Gasteiger partial charge >= 0.3 is 5.69 Å². The molecule has 8 heteroatoms. The van der Waals surface area contributed by atoms with E-state index in [-0.39, 0.29) is 6.10 Å². The Kier molecular flexibility index (Phi) is 5.91. The second-order valence-corrected chi connectivity index (χ2v) is 11.4. The van der Waals surface area contributed by atoms with E-state index in [1.54, 1.807) is 17.2 Å². The summed E-state index contributed by atoms with van der Waals surface area (Å²) in [6.07, 6.45) is 4.97. The molecule has 7 nitrogen and oxygen atoms in total. The molecule has 136 valence electrons. The van der Waals surface area contributed by atoms with Gasteiger partial charge in [0.2, 0.25) is 0 Å². The number of anilines is 1. The van der Waals surface area contributed by atoms with E-state index in [0.29, 0.717) is 12.2 Å². The third-order valence-corrected chi connectivity index (χ3v) is 5.62. The van der Waals surface area contributed by atoms with E-state index in [2.05, 4.69) is 24.6 Å². The lowest BCUT2D eigenvalue weighted by Gasteiger charge is -2.21. The van der Waals surface area contributed by atoms with Gasteiger partial charge in [-0.1, -0.05) is 0 Å². The number of aliphatic hydroxyl groups is 1. The van der Waals surface area contributed by atoms with Crippen molar-refractivity contribution in [1.29, 1.82) is 0 Å². The number of hydrogen-bond donors (Lipinski definition) is 1. The number of aliphatic hydroxyl groups excluding tert-OH is 1. The fourth-order valence-corrected chi connectivity index (χ4v) is 3.71. The van der Waals surface area contributed by atoms with E-state index < -0.39 is 31.0 Å². The van der Waals surface area contributed by atoms with Gasteiger partial charge in [-0.15, -0.1) is 13.2 Å². The minimum absolute atomic E-state index is 0.374. The van der Waals surface area contributed by atoms with Gasteiger partial charge in [0, 0.05) is 27.4 Å². The fourth-order valence-electron chi connectivity index (χ4n) is 2.76. The first-order valence-corrected chi connectivity index (χ1v) is 11.0. The predicted molar refractivity (Wildman–Crippen MR) is 98.9 cm³/mol. The summed E-state index contributed by atoms with van der Waals surface area (Å²) >= 11 is 0. The molecule has 0 radical (unpaired) electrons. The van der Waals surface area contributed by atoms with E-state index in [9.17, 15) is 9.90 Å². The Morgan fingerprint density at radius 1 is 1.50 bits per heavy atom. The molecule has 1 aromatic rings. The SMILES string of the molecule is C=P(C)(C)CC[C@H]1OC(n2ccc(N(C)C)nc2=O)[C@H](OC)[C@@H]1O. The summed E-state index contributed by atoms with van der Waals surface area (Å²) in [5.74, 6) is 0.573. The van der Waals surface area contributed by atoms with Gasteiger partial charge in [0.05, 0.1) is 6.10 Å². The van der Waals surface area contributed by atoms with Crippen molar-refractivity contribution in [3.63, 3.8) is 0 Å². The van der Waals surface area contributed by atoms with Crippen LogP contribution in [0.25, 0.3) is 0 Å². The zero-order chi connectivity index (χ0) is 18.1. The minimum atomic E-state index is -1.21. The summed E-state index contributed by atoms with van der Waals surface area (Å²) in [4.78, 5) is 18.1. The van der Waals surface area contributed by atoms with Gasteiger partial charge < -0.3 is 19.5 Å². The lowest BCUT2D eigenvalue weighted by atomic mass is 10.1. The van der Waals surface area contributed by atoms with Gasteiger partial charge in [0.25, 0.3) is 0 Å². The van der Waals surface area contributed by atoms with E-state index in [1.807, 2.05) is 14.1 Å². The molecule has 0 bridgehead atoms. The molecular weight excluding hydrogens is 329 g/mol. The molecule has 24 heavy (non-hydrogen) atoms. The Balaban J connectivity index is 2.23. The van der Waals surface area contributed by atoms with Gasteiger partial charge in [0.15, 0.2) is 6.23 Å². The average molecular weight is 357 g/mol. The van der Waals surface area contributed by atoms with Crippen LogP contribution in [-0.4, -0.2) is 80.0 Å². The Labute approximate surface area is 143 Å². The van der Waals surface area contributed by atoms with Gasteiger partial charge in [-0.2, -0.15) is 4.98 Å². The first-order valence-electron chi connectivity index (χ1n) is 7.94. The molecule has 1 aromatic heterocycles. The van der Waals surface area contributed by atoms with Crippen LogP contribution in [0.1, 0.15) is 12.6 Å². The highest BCUT2D eigenvalue weighted by atomic mass is 31.2. The smallest absolute Gasteiger partial charge is 0.351 e. The zero-order valence-electron chi connectivity index (χ0n) is 15.0. The van der Waals surface area contributed by atoms with Crippen LogP contribution in [0.15, 0.2) is 17.1 Å². The molecule has 0 saturated carbocycles. The second-order valence-electron chi connectivity index (χ2n) is 7.07. The Hall–Kier alpha value is -1.14. The van der Waals surface area contributed by atoms with E-state index in [4.69, 9.17) is 9.47 Å². The van der Waals surface area contributed by atoms with Gasteiger partial charge in [-0.05, 0) is 32.0 Å². The maximum atomic E-state index is 12.3. The monoisotopic (exact) mass is 357 g/mol. The molecule has 1 aliphatic rings. The minimum Gasteiger partial charge on any atom is -0.388 e. The van der Waals surface area contributed by atoms with Crippen molar-refractivity contribution >= 4 is 19.0 Å². The number of hydrogen-bond acceptors (Lipinski definition) is 6. The third kappa shape index (κ3) is 4.28. The van der Waals surface area contributed by atoms with Crippen molar-refractivity contribution in [2.24, 2.45) is 0 Å². The summed E-state index contributed by atoms with van der Waals surface area (Å²) in [6.45, 7) is 3.08. The highest BCUT2D eigenvalue weighted by Gasteiger charge is 2.45. The molecule has 1 unspecified atom stereocenters. The summed E-state index contributed by atoms with van der Waals surface area (Å²) in [5.41, 5.74) is -0.425. The molecule has 1 saturated heterocycles. The summed E-state index contributed by atoms with van der Waals surface area (Å²) in [6, 6.07) is 1.74. The van der Waals surface area contributed by atoms with Crippen molar-refractivity contribution in [3.8, 4) is 0 Å². The highest BCUT2D eigenvalue weighted by molar-refractivity contribution is 7.72. The molecule has 0 aliphatic carbocycles. The van der Waals surface area contributed by atoms with Crippen LogP contribution in [0.4, 0.5) is 5.82 Å². The third-order valence-electron chi connectivity index (χ3n) is 4.15. The van der Waals surface area contributed by atoms with Crippen molar-refractivity contribution in [1.82, 2.24) is 9.55 Å². The summed E-state index contributed by atoms with van der Waals surface area (Å²) in [7, 11) is 5.15. The number of methoxy groups -OCH3 is 1. The molecule has 0 amide bonds. The van der Waals surface area contributed by atoms with E-state index in [0.717, 1.165) is 6.16 Å².